The third-order valence-corrected chi connectivity index (χ3v) is 2.20. The molecule has 6 heteroatoms. The van der Waals surface area contributed by atoms with Gasteiger partial charge in [-0.1, -0.05) is 23.7 Å². The van der Waals surface area contributed by atoms with E-state index in [1.54, 1.807) is 18.2 Å². The molecule has 2 aromatic rings. The summed E-state index contributed by atoms with van der Waals surface area (Å²) in [6, 6.07) is 7.12. The van der Waals surface area contributed by atoms with Crippen molar-refractivity contribution < 1.29 is 9.90 Å². The van der Waals surface area contributed by atoms with Crippen molar-refractivity contribution in [1.29, 1.82) is 0 Å². The number of rotatable bonds is 3. The molecule has 1 aromatic heterocycles. The van der Waals surface area contributed by atoms with E-state index in [1.165, 1.54) is 17.2 Å². The van der Waals surface area contributed by atoms with E-state index >= 15 is 0 Å². The quantitative estimate of drug-likeness (QED) is 0.847. The summed E-state index contributed by atoms with van der Waals surface area (Å²) in [6.07, 6.45) is 3.72. The summed E-state index contributed by atoms with van der Waals surface area (Å²) < 4.78 is 1.32. The molecule has 86 valence electrons. The van der Waals surface area contributed by atoms with Gasteiger partial charge in [-0.3, -0.25) is 0 Å². The molecule has 0 fully saturated rings. The molecule has 2 rings (SSSR count). The van der Waals surface area contributed by atoms with Crippen molar-refractivity contribution in [2.75, 3.05) is 0 Å². The number of hydrogen-bond donors (Lipinski definition) is 1. The fourth-order valence-electron chi connectivity index (χ4n) is 1.25. The van der Waals surface area contributed by atoms with E-state index < -0.39 is 5.97 Å². The third kappa shape index (κ3) is 2.92. The van der Waals surface area contributed by atoms with E-state index in [2.05, 4.69) is 10.1 Å². The second-order valence-electron chi connectivity index (χ2n) is 3.21. The summed E-state index contributed by atoms with van der Waals surface area (Å²) in [7, 11) is 0. The fourth-order valence-corrected chi connectivity index (χ4v) is 1.44. The van der Waals surface area contributed by atoms with E-state index in [0.717, 1.165) is 11.6 Å². The van der Waals surface area contributed by atoms with Crippen LogP contribution in [0.1, 0.15) is 0 Å². The zero-order valence-electron chi connectivity index (χ0n) is 8.62. The first kappa shape index (κ1) is 11.3. The second-order valence-corrected chi connectivity index (χ2v) is 3.65. The van der Waals surface area contributed by atoms with Gasteiger partial charge in [0.1, 0.15) is 6.33 Å². The van der Waals surface area contributed by atoms with Crippen LogP contribution in [0.4, 0.5) is 0 Å². The fraction of sp³-hybridized carbons (Fsp3) is 0. The Bertz CT molecular complexity index is 578. The second kappa shape index (κ2) is 4.80. The molecule has 0 saturated carbocycles. The molecule has 17 heavy (non-hydrogen) atoms. The Morgan fingerprint density at radius 3 is 3.00 bits per heavy atom. The van der Waals surface area contributed by atoms with Crippen LogP contribution in [-0.4, -0.2) is 25.8 Å². The van der Waals surface area contributed by atoms with Gasteiger partial charge in [-0.2, -0.15) is 0 Å². The lowest BCUT2D eigenvalue weighted by Crippen LogP contribution is -1.91. The number of halogens is 1. The third-order valence-electron chi connectivity index (χ3n) is 1.96. The van der Waals surface area contributed by atoms with Gasteiger partial charge in [0.2, 0.25) is 0 Å². The monoisotopic (exact) mass is 249 g/mol. The van der Waals surface area contributed by atoms with Gasteiger partial charge in [0.15, 0.2) is 5.82 Å². The molecule has 0 unspecified atom stereocenters. The standard InChI is InChI=1S/C11H8ClN3O2/c12-9-3-1-2-8(6-9)11-13-7-15(14-11)5-4-10(16)17/h1-7H,(H,16,17)/b5-4+. The minimum Gasteiger partial charge on any atom is -0.478 e. The summed E-state index contributed by atoms with van der Waals surface area (Å²) in [5, 5.41) is 13.2. The molecule has 0 bridgehead atoms. The van der Waals surface area contributed by atoms with Crippen LogP contribution in [0.5, 0.6) is 0 Å². The van der Waals surface area contributed by atoms with Gasteiger partial charge in [0.25, 0.3) is 0 Å². The van der Waals surface area contributed by atoms with Crippen molar-refractivity contribution >= 4 is 23.8 Å². The summed E-state index contributed by atoms with van der Waals surface area (Å²) in [5.41, 5.74) is 0.778. The lowest BCUT2D eigenvalue weighted by molar-refractivity contribution is -0.131. The minimum atomic E-state index is -1.04. The maximum Gasteiger partial charge on any atom is 0.329 e. The van der Waals surface area contributed by atoms with Gasteiger partial charge in [-0.05, 0) is 12.1 Å². The molecule has 1 aromatic carbocycles. The normalized spacial score (nSPS) is 10.9. The Labute approximate surface area is 102 Å². The van der Waals surface area contributed by atoms with E-state index in [4.69, 9.17) is 16.7 Å². The number of carboxylic acids is 1. The number of carboxylic acid groups (broad SMARTS) is 1. The maximum atomic E-state index is 10.3. The molecule has 0 aliphatic heterocycles. The molecule has 0 saturated heterocycles. The molecule has 1 heterocycles. The molecule has 0 atom stereocenters. The molecular formula is C11H8ClN3O2. The van der Waals surface area contributed by atoms with Crippen molar-refractivity contribution in [2.45, 2.75) is 0 Å². The van der Waals surface area contributed by atoms with Crippen molar-refractivity contribution in [2.24, 2.45) is 0 Å². The topological polar surface area (TPSA) is 68.0 Å². The zero-order valence-corrected chi connectivity index (χ0v) is 9.37. The van der Waals surface area contributed by atoms with Crippen molar-refractivity contribution in [3.8, 4) is 11.4 Å². The highest BCUT2D eigenvalue weighted by atomic mass is 35.5. The SMILES string of the molecule is O=C(O)/C=C/n1cnc(-c2cccc(Cl)c2)n1. The number of carbonyl (C=O) groups is 1. The highest BCUT2D eigenvalue weighted by Crippen LogP contribution is 2.18. The molecule has 0 radical (unpaired) electrons. The average molecular weight is 250 g/mol. The zero-order chi connectivity index (χ0) is 12.3. The molecule has 0 aliphatic rings. The van der Waals surface area contributed by atoms with Crippen LogP contribution in [0.3, 0.4) is 0 Å². The minimum absolute atomic E-state index is 0.488. The van der Waals surface area contributed by atoms with Crippen LogP contribution in [0.25, 0.3) is 17.6 Å². The molecule has 1 N–H and O–H groups in total. The molecule has 0 aliphatic carbocycles. The van der Waals surface area contributed by atoms with E-state index in [0.29, 0.717) is 10.8 Å². The first-order valence-electron chi connectivity index (χ1n) is 4.73. The van der Waals surface area contributed by atoms with E-state index in [9.17, 15) is 4.79 Å². The van der Waals surface area contributed by atoms with Gasteiger partial charge in [-0.25, -0.2) is 14.5 Å². The lowest BCUT2D eigenvalue weighted by Gasteiger charge is -1.95. The first-order valence-corrected chi connectivity index (χ1v) is 5.11. The lowest BCUT2D eigenvalue weighted by atomic mass is 10.2. The maximum absolute atomic E-state index is 10.3. The first-order chi connectivity index (χ1) is 8.15. The molecule has 0 amide bonds. The van der Waals surface area contributed by atoms with Gasteiger partial charge >= 0.3 is 5.97 Å². The Hall–Kier alpha value is -2.14. The van der Waals surface area contributed by atoms with Gasteiger partial charge in [0.05, 0.1) is 0 Å². The Balaban J connectivity index is 2.27. The summed E-state index contributed by atoms with van der Waals surface area (Å²) in [4.78, 5) is 14.4. The number of nitrogens with zero attached hydrogens (tertiary/aromatic N) is 3. The van der Waals surface area contributed by atoms with Crippen molar-refractivity contribution in [3.05, 3.63) is 41.7 Å². The summed E-state index contributed by atoms with van der Waals surface area (Å²) in [6.45, 7) is 0. The van der Waals surface area contributed by atoms with Gasteiger partial charge in [0, 0.05) is 22.9 Å². The Kier molecular flexibility index (Phi) is 3.20. The van der Waals surface area contributed by atoms with Gasteiger partial charge < -0.3 is 5.11 Å². The van der Waals surface area contributed by atoms with Crippen molar-refractivity contribution in [3.63, 3.8) is 0 Å². The molecule has 0 spiro atoms. The summed E-state index contributed by atoms with van der Waals surface area (Å²) in [5.74, 6) is -0.549. The highest BCUT2D eigenvalue weighted by Gasteiger charge is 2.03. The highest BCUT2D eigenvalue weighted by molar-refractivity contribution is 6.30. The van der Waals surface area contributed by atoms with Crippen LogP contribution in [0.2, 0.25) is 5.02 Å². The largest absolute Gasteiger partial charge is 0.478 e. The van der Waals surface area contributed by atoms with Crippen LogP contribution < -0.4 is 0 Å². The predicted octanol–water partition coefficient (Wildman–Crippen LogP) is 2.15. The van der Waals surface area contributed by atoms with Crippen LogP contribution in [0.15, 0.2) is 36.7 Å². The van der Waals surface area contributed by atoms with E-state index in [1.807, 2.05) is 6.07 Å². The van der Waals surface area contributed by atoms with Crippen molar-refractivity contribution in [1.82, 2.24) is 14.8 Å². The molecular weight excluding hydrogens is 242 g/mol. The molecule has 5 nitrogen and oxygen atoms in total. The van der Waals surface area contributed by atoms with Crippen LogP contribution in [0, 0.1) is 0 Å². The Morgan fingerprint density at radius 2 is 2.29 bits per heavy atom. The van der Waals surface area contributed by atoms with Crippen LogP contribution >= 0.6 is 11.6 Å². The smallest absolute Gasteiger partial charge is 0.329 e. The predicted molar refractivity (Wildman–Crippen MR) is 63.4 cm³/mol. The number of benzene rings is 1. The Morgan fingerprint density at radius 1 is 1.47 bits per heavy atom. The van der Waals surface area contributed by atoms with Crippen LogP contribution in [-0.2, 0) is 4.79 Å². The van der Waals surface area contributed by atoms with E-state index in [-0.39, 0.29) is 0 Å². The average Bonchev–Trinajstić information content (AvgIpc) is 2.75. The number of aromatic nitrogens is 3. The number of aliphatic carboxylic acids is 1. The summed E-state index contributed by atoms with van der Waals surface area (Å²) >= 11 is 5.85. The number of hydrogen-bond acceptors (Lipinski definition) is 3. The van der Waals surface area contributed by atoms with Gasteiger partial charge in [-0.15, -0.1) is 5.10 Å².